The maximum absolute atomic E-state index is 11.9. The molecule has 0 N–H and O–H groups in total. The Morgan fingerprint density at radius 1 is 1.47 bits per heavy atom. The predicted molar refractivity (Wildman–Crippen MR) is 79.3 cm³/mol. The second-order valence-electron chi connectivity index (χ2n) is 4.49. The minimum Gasteiger partial charge on any atom is -0.264 e. The lowest BCUT2D eigenvalue weighted by Crippen LogP contribution is -2.21. The standard InChI is InChI=1S/C12H18N2OS.H2S/c1-5-11(10-7-6-8-13-9-10)14-16(15)12(2,3)4;/h6-9H,5H2,1-4H3;1H2. The number of hydrogen-bond donors (Lipinski definition) is 0. The maximum atomic E-state index is 11.9. The molecule has 5 heteroatoms. The molecular weight excluding hydrogens is 252 g/mol. The maximum Gasteiger partial charge on any atom is 0.145 e. The first-order chi connectivity index (χ1) is 7.45. The molecular formula is C12H20N2OS2. The highest BCUT2D eigenvalue weighted by Crippen LogP contribution is 2.14. The van der Waals surface area contributed by atoms with Crippen molar-refractivity contribution < 1.29 is 4.21 Å². The molecule has 17 heavy (non-hydrogen) atoms. The molecule has 0 saturated heterocycles. The highest BCUT2D eigenvalue weighted by atomic mass is 32.2. The van der Waals surface area contributed by atoms with Crippen LogP contribution in [0.15, 0.2) is 28.9 Å². The number of aromatic nitrogens is 1. The molecule has 0 radical (unpaired) electrons. The number of nitrogens with zero attached hydrogens (tertiary/aromatic N) is 2. The fourth-order valence-electron chi connectivity index (χ4n) is 1.09. The average Bonchev–Trinajstić information content (AvgIpc) is 2.25. The first kappa shape index (κ1) is 16.3. The van der Waals surface area contributed by atoms with E-state index in [9.17, 15) is 4.21 Å². The molecule has 3 nitrogen and oxygen atoms in total. The van der Waals surface area contributed by atoms with Crippen molar-refractivity contribution in [3.63, 3.8) is 0 Å². The van der Waals surface area contributed by atoms with Gasteiger partial charge in [0.05, 0.1) is 10.5 Å². The SMILES string of the molecule is CCC(=NS(=O)C(C)(C)C)c1cccnc1.S. The van der Waals surface area contributed by atoms with Gasteiger partial charge in [-0.3, -0.25) is 4.98 Å². The third-order valence-corrected chi connectivity index (χ3v) is 3.48. The Morgan fingerprint density at radius 2 is 2.12 bits per heavy atom. The Morgan fingerprint density at radius 3 is 2.53 bits per heavy atom. The topological polar surface area (TPSA) is 42.3 Å². The van der Waals surface area contributed by atoms with Gasteiger partial charge in [-0.25, -0.2) is 4.21 Å². The summed E-state index contributed by atoms with van der Waals surface area (Å²) in [4.78, 5) is 4.04. The van der Waals surface area contributed by atoms with Gasteiger partial charge in [-0.1, -0.05) is 13.0 Å². The summed E-state index contributed by atoms with van der Waals surface area (Å²) >= 11 is 0. The van der Waals surface area contributed by atoms with Crippen LogP contribution in [0.4, 0.5) is 0 Å². The minimum absolute atomic E-state index is 0. The molecule has 0 saturated carbocycles. The third kappa shape index (κ3) is 5.00. The van der Waals surface area contributed by atoms with Crippen molar-refractivity contribution in [2.24, 2.45) is 4.40 Å². The number of rotatable bonds is 3. The van der Waals surface area contributed by atoms with E-state index in [1.54, 1.807) is 12.4 Å². The van der Waals surface area contributed by atoms with Crippen LogP contribution in [0.5, 0.6) is 0 Å². The van der Waals surface area contributed by atoms with E-state index in [2.05, 4.69) is 9.38 Å². The molecule has 1 heterocycles. The normalized spacial score (nSPS) is 14.0. The smallest absolute Gasteiger partial charge is 0.145 e. The number of hydrogen-bond acceptors (Lipinski definition) is 2. The van der Waals surface area contributed by atoms with Crippen molar-refractivity contribution >= 4 is 30.2 Å². The molecule has 1 aromatic heterocycles. The predicted octanol–water partition coefficient (Wildman–Crippen LogP) is 2.86. The first-order valence-corrected chi connectivity index (χ1v) is 6.45. The second-order valence-corrected chi connectivity index (χ2v) is 6.40. The summed E-state index contributed by atoms with van der Waals surface area (Å²) in [6, 6.07) is 3.80. The summed E-state index contributed by atoms with van der Waals surface area (Å²) in [5, 5.41) is 0. The summed E-state index contributed by atoms with van der Waals surface area (Å²) in [6.07, 6.45) is 4.23. The second kappa shape index (κ2) is 6.91. The van der Waals surface area contributed by atoms with Crippen LogP contribution in [0.2, 0.25) is 0 Å². The molecule has 0 aliphatic heterocycles. The highest BCUT2D eigenvalue weighted by molar-refractivity contribution is 7.85. The van der Waals surface area contributed by atoms with Crippen LogP contribution in [0.3, 0.4) is 0 Å². The van der Waals surface area contributed by atoms with Crippen molar-refractivity contribution in [3.8, 4) is 0 Å². The third-order valence-electron chi connectivity index (χ3n) is 2.05. The zero-order valence-electron chi connectivity index (χ0n) is 10.7. The lowest BCUT2D eigenvalue weighted by atomic mass is 10.1. The molecule has 1 rings (SSSR count). The van der Waals surface area contributed by atoms with Crippen molar-refractivity contribution in [1.82, 2.24) is 4.98 Å². The van der Waals surface area contributed by atoms with E-state index in [4.69, 9.17) is 0 Å². The zero-order chi connectivity index (χ0) is 12.2. The first-order valence-electron chi connectivity index (χ1n) is 5.35. The van der Waals surface area contributed by atoms with Gasteiger partial charge in [0.2, 0.25) is 0 Å². The van der Waals surface area contributed by atoms with Crippen molar-refractivity contribution in [2.75, 3.05) is 0 Å². The van der Waals surface area contributed by atoms with Crippen molar-refractivity contribution in [2.45, 2.75) is 38.9 Å². The van der Waals surface area contributed by atoms with Gasteiger partial charge in [0, 0.05) is 18.0 Å². The Kier molecular flexibility index (Phi) is 6.64. The Hall–Kier alpha value is -0.680. The van der Waals surface area contributed by atoms with Crippen LogP contribution in [-0.4, -0.2) is 19.7 Å². The van der Waals surface area contributed by atoms with Crippen LogP contribution < -0.4 is 0 Å². The van der Waals surface area contributed by atoms with E-state index in [0.29, 0.717) is 0 Å². The summed E-state index contributed by atoms with van der Waals surface area (Å²) in [7, 11) is -1.21. The van der Waals surface area contributed by atoms with E-state index in [1.807, 2.05) is 39.8 Å². The molecule has 0 aromatic carbocycles. The summed E-state index contributed by atoms with van der Waals surface area (Å²) in [6.45, 7) is 7.76. The molecule has 1 atom stereocenters. The minimum atomic E-state index is -1.21. The summed E-state index contributed by atoms with van der Waals surface area (Å²) < 4.78 is 15.9. The van der Waals surface area contributed by atoms with Crippen LogP contribution in [0, 0.1) is 0 Å². The quantitative estimate of drug-likeness (QED) is 0.794. The molecule has 0 fully saturated rings. The van der Waals surface area contributed by atoms with E-state index in [-0.39, 0.29) is 18.2 Å². The van der Waals surface area contributed by atoms with Crippen LogP contribution >= 0.6 is 13.5 Å². The van der Waals surface area contributed by atoms with Gasteiger partial charge in [0.25, 0.3) is 0 Å². The molecule has 0 aliphatic carbocycles. The van der Waals surface area contributed by atoms with Gasteiger partial charge in [-0.2, -0.15) is 17.9 Å². The van der Waals surface area contributed by atoms with Gasteiger partial charge in [-0.05, 0) is 33.3 Å². The molecule has 0 spiro atoms. The molecule has 1 unspecified atom stereocenters. The van der Waals surface area contributed by atoms with Gasteiger partial charge in [-0.15, -0.1) is 0 Å². The van der Waals surface area contributed by atoms with Gasteiger partial charge >= 0.3 is 0 Å². The molecule has 96 valence electrons. The van der Waals surface area contributed by atoms with E-state index in [1.165, 1.54) is 0 Å². The molecule has 0 amide bonds. The fraction of sp³-hybridized carbons (Fsp3) is 0.500. The van der Waals surface area contributed by atoms with Crippen LogP contribution in [0.1, 0.15) is 39.7 Å². The molecule has 0 bridgehead atoms. The van der Waals surface area contributed by atoms with Gasteiger partial charge in [0.15, 0.2) is 0 Å². The van der Waals surface area contributed by atoms with Gasteiger partial charge in [0.1, 0.15) is 11.0 Å². The van der Waals surface area contributed by atoms with Crippen LogP contribution in [0.25, 0.3) is 0 Å². The van der Waals surface area contributed by atoms with Crippen molar-refractivity contribution in [3.05, 3.63) is 30.1 Å². The van der Waals surface area contributed by atoms with Gasteiger partial charge < -0.3 is 0 Å². The lowest BCUT2D eigenvalue weighted by Gasteiger charge is -2.14. The molecule has 1 aromatic rings. The highest BCUT2D eigenvalue weighted by Gasteiger charge is 2.19. The fourth-order valence-corrected chi connectivity index (χ4v) is 1.80. The Bertz CT molecular complexity index is 397. The van der Waals surface area contributed by atoms with Crippen LogP contribution in [-0.2, 0) is 11.0 Å². The Balaban J connectivity index is 0.00000256. The average molecular weight is 272 g/mol. The largest absolute Gasteiger partial charge is 0.264 e. The number of pyridine rings is 1. The summed E-state index contributed by atoms with van der Waals surface area (Å²) in [5.41, 5.74) is 1.80. The molecule has 0 aliphatic rings. The summed E-state index contributed by atoms with van der Waals surface area (Å²) in [5.74, 6) is 0. The monoisotopic (exact) mass is 272 g/mol. The van der Waals surface area contributed by atoms with E-state index >= 15 is 0 Å². The van der Waals surface area contributed by atoms with E-state index in [0.717, 1.165) is 17.7 Å². The zero-order valence-corrected chi connectivity index (χ0v) is 12.5. The lowest BCUT2D eigenvalue weighted by molar-refractivity contribution is 0.650. The van der Waals surface area contributed by atoms with Crippen molar-refractivity contribution in [1.29, 1.82) is 0 Å². The Labute approximate surface area is 113 Å². The van der Waals surface area contributed by atoms with E-state index < -0.39 is 11.0 Å².